The van der Waals surface area contributed by atoms with E-state index in [4.69, 9.17) is 0 Å². The van der Waals surface area contributed by atoms with Crippen molar-refractivity contribution in [2.45, 2.75) is 38.5 Å². The van der Waals surface area contributed by atoms with Crippen molar-refractivity contribution in [1.82, 2.24) is 29.9 Å². The Morgan fingerprint density at radius 1 is 1.17 bits per heavy atom. The maximum Gasteiger partial charge on any atom is 0.273 e. The van der Waals surface area contributed by atoms with Crippen molar-refractivity contribution in [2.75, 3.05) is 11.9 Å². The second-order valence-corrected chi connectivity index (χ2v) is 7.22. The molecule has 1 amide bonds. The number of nitrogens with one attached hydrogen (secondary N) is 2. The van der Waals surface area contributed by atoms with Gasteiger partial charge in [0, 0.05) is 38.1 Å². The van der Waals surface area contributed by atoms with Gasteiger partial charge >= 0.3 is 0 Å². The first-order valence-corrected chi connectivity index (χ1v) is 9.86. The lowest BCUT2D eigenvalue weighted by Crippen LogP contribution is -2.26. The van der Waals surface area contributed by atoms with Crippen molar-refractivity contribution in [3.8, 4) is 11.3 Å². The molecule has 4 rings (SSSR count). The Labute approximate surface area is 168 Å². The number of aryl methyl sites for hydroxylation is 2. The first-order chi connectivity index (χ1) is 14.1. The van der Waals surface area contributed by atoms with Crippen LogP contribution in [0.3, 0.4) is 0 Å². The lowest BCUT2D eigenvalue weighted by molar-refractivity contribution is 0.0947. The molecule has 3 aromatic rings. The molecule has 1 atom stereocenters. The number of aliphatic hydroxyl groups is 1. The number of aliphatic hydroxyl groups excluding tert-OH is 1. The van der Waals surface area contributed by atoms with Crippen LogP contribution in [0.15, 0.2) is 36.8 Å². The van der Waals surface area contributed by atoms with E-state index in [9.17, 15) is 9.90 Å². The zero-order chi connectivity index (χ0) is 20.2. The summed E-state index contributed by atoms with van der Waals surface area (Å²) in [6.07, 6.45) is 8.39. The van der Waals surface area contributed by atoms with Gasteiger partial charge in [0.05, 0.1) is 23.3 Å². The zero-order valence-corrected chi connectivity index (χ0v) is 16.4. The van der Waals surface area contributed by atoms with E-state index in [0.29, 0.717) is 17.9 Å². The molecule has 3 aromatic heterocycles. The molecule has 1 aliphatic rings. The summed E-state index contributed by atoms with van der Waals surface area (Å²) < 4.78 is 3.47. The third-order valence-electron chi connectivity index (χ3n) is 4.92. The molecule has 1 aliphatic heterocycles. The van der Waals surface area contributed by atoms with Crippen LogP contribution in [-0.2, 0) is 13.6 Å². The third-order valence-corrected chi connectivity index (χ3v) is 4.92. The van der Waals surface area contributed by atoms with E-state index in [1.807, 2.05) is 23.0 Å². The fourth-order valence-corrected chi connectivity index (χ4v) is 3.40. The molecule has 29 heavy (non-hydrogen) atoms. The molecule has 1 unspecified atom stereocenters. The van der Waals surface area contributed by atoms with E-state index in [-0.39, 0.29) is 11.6 Å². The Morgan fingerprint density at radius 3 is 2.93 bits per heavy atom. The summed E-state index contributed by atoms with van der Waals surface area (Å²) in [5.41, 5.74) is 2.80. The molecule has 4 bridgehead atoms. The minimum atomic E-state index is -1.08. The fraction of sp³-hybridized carbons (Fsp3) is 0.400. The number of carbonyl (C=O) groups excluding carboxylic acids is 1. The Bertz CT molecular complexity index is 994. The quantitative estimate of drug-likeness (QED) is 0.538. The smallest absolute Gasteiger partial charge is 0.273 e. The van der Waals surface area contributed by atoms with Crippen LogP contribution in [0.25, 0.3) is 11.3 Å². The van der Waals surface area contributed by atoms with E-state index < -0.39 is 6.23 Å². The molecule has 152 valence electrons. The summed E-state index contributed by atoms with van der Waals surface area (Å²) in [7, 11) is 1.74. The molecule has 0 radical (unpaired) electrons. The van der Waals surface area contributed by atoms with E-state index in [2.05, 4.69) is 25.8 Å². The fourth-order valence-electron chi connectivity index (χ4n) is 3.40. The van der Waals surface area contributed by atoms with Gasteiger partial charge < -0.3 is 15.7 Å². The highest BCUT2D eigenvalue weighted by Crippen LogP contribution is 2.23. The van der Waals surface area contributed by atoms with E-state index in [1.165, 1.54) is 0 Å². The van der Waals surface area contributed by atoms with Crippen LogP contribution >= 0.6 is 0 Å². The number of hydrogen-bond donors (Lipinski definition) is 3. The summed E-state index contributed by atoms with van der Waals surface area (Å²) in [6.45, 7) is 1.43. The number of pyridine rings is 1. The Hall–Kier alpha value is -3.20. The average molecular weight is 395 g/mol. The van der Waals surface area contributed by atoms with Crippen molar-refractivity contribution in [3.63, 3.8) is 0 Å². The Kier molecular flexibility index (Phi) is 5.57. The van der Waals surface area contributed by atoms with Gasteiger partial charge in [-0.3, -0.25) is 14.2 Å². The standard InChI is InChI=1S/C20H25N7O2/c1-26-13-17-18(25-26)20(29)21-9-4-2-3-5-10-27-12-14(11-22-27)15-7-6-8-16(23-15)19(28)24-17/h6-8,11-13,19,24,28H,2-5,9-10H2,1H3,(H,21,29). The molecule has 9 nitrogen and oxygen atoms in total. The highest BCUT2D eigenvalue weighted by Gasteiger charge is 2.19. The van der Waals surface area contributed by atoms with Gasteiger partial charge in [-0.15, -0.1) is 0 Å². The maximum atomic E-state index is 12.5. The lowest BCUT2D eigenvalue weighted by Gasteiger charge is -2.14. The van der Waals surface area contributed by atoms with Gasteiger partial charge in [-0.25, -0.2) is 4.98 Å². The van der Waals surface area contributed by atoms with Crippen molar-refractivity contribution in [3.05, 3.63) is 48.2 Å². The first kappa shape index (κ1) is 19.1. The van der Waals surface area contributed by atoms with Gasteiger partial charge in [-0.2, -0.15) is 10.2 Å². The van der Waals surface area contributed by atoms with Crippen molar-refractivity contribution in [2.24, 2.45) is 7.05 Å². The second kappa shape index (κ2) is 8.44. The van der Waals surface area contributed by atoms with Crippen LogP contribution in [0.1, 0.15) is 48.1 Å². The molecule has 0 fully saturated rings. The topological polar surface area (TPSA) is 110 Å². The van der Waals surface area contributed by atoms with E-state index in [1.54, 1.807) is 30.2 Å². The van der Waals surface area contributed by atoms with Crippen molar-refractivity contribution >= 4 is 11.6 Å². The largest absolute Gasteiger partial charge is 0.368 e. The molecule has 0 saturated carbocycles. The van der Waals surface area contributed by atoms with Gasteiger partial charge in [0.1, 0.15) is 0 Å². The number of rotatable bonds is 0. The van der Waals surface area contributed by atoms with Crippen molar-refractivity contribution in [1.29, 1.82) is 0 Å². The number of amides is 1. The first-order valence-electron chi connectivity index (χ1n) is 9.86. The van der Waals surface area contributed by atoms with Crippen molar-refractivity contribution < 1.29 is 9.90 Å². The van der Waals surface area contributed by atoms with Gasteiger partial charge in [0.25, 0.3) is 5.91 Å². The number of carbonyl (C=O) groups is 1. The molecule has 9 heteroatoms. The monoisotopic (exact) mass is 395 g/mol. The lowest BCUT2D eigenvalue weighted by atomic mass is 10.2. The average Bonchev–Trinajstić information content (AvgIpc) is 3.33. The van der Waals surface area contributed by atoms with Crippen LogP contribution < -0.4 is 10.6 Å². The van der Waals surface area contributed by atoms with Crippen LogP contribution in [0.4, 0.5) is 5.69 Å². The summed E-state index contributed by atoms with van der Waals surface area (Å²) in [6, 6.07) is 5.47. The molecular formula is C20H25N7O2. The summed E-state index contributed by atoms with van der Waals surface area (Å²) in [4.78, 5) is 17.1. The molecule has 0 spiro atoms. The Balaban J connectivity index is 1.65. The summed E-state index contributed by atoms with van der Waals surface area (Å²) >= 11 is 0. The predicted octanol–water partition coefficient (Wildman–Crippen LogP) is 2.09. The number of nitrogens with zero attached hydrogens (tertiary/aromatic N) is 5. The van der Waals surface area contributed by atoms with Crippen LogP contribution in [-0.4, -0.2) is 42.1 Å². The highest BCUT2D eigenvalue weighted by atomic mass is 16.3. The molecule has 0 aromatic carbocycles. The normalized spacial score (nSPS) is 18.1. The molecular weight excluding hydrogens is 370 g/mol. The minimum Gasteiger partial charge on any atom is -0.368 e. The zero-order valence-electron chi connectivity index (χ0n) is 16.4. The number of anilines is 1. The molecule has 4 heterocycles. The van der Waals surface area contributed by atoms with Crippen LogP contribution in [0.5, 0.6) is 0 Å². The highest BCUT2D eigenvalue weighted by molar-refractivity contribution is 5.97. The maximum absolute atomic E-state index is 12.5. The number of aromatic nitrogens is 5. The van der Waals surface area contributed by atoms with Gasteiger partial charge in [-0.1, -0.05) is 18.9 Å². The van der Waals surface area contributed by atoms with E-state index >= 15 is 0 Å². The number of hydrogen-bond acceptors (Lipinski definition) is 6. The Morgan fingerprint density at radius 2 is 2.03 bits per heavy atom. The summed E-state index contributed by atoms with van der Waals surface area (Å²) in [5, 5.41) is 25.2. The van der Waals surface area contributed by atoms with Crippen LogP contribution in [0, 0.1) is 0 Å². The third kappa shape index (κ3) is 4.45. The molecule has 0 aliphatic carbocycles. The number of fused-ring (bicyclic) bond motifs is 6. The van der Waals surface area contributed by atoms with Gasteiger partial charge in [0.15, 0.2) is 11.9 Å². The van der Waals surface area contributed by atoms with Crippen LogP contribution in [0.2, 0.25) is 0 Å². The van der Waals surface area contributed by atoms with Gasteiger partial charge in [-0.05, 0) is 25.0 Å². The van der Waals surface area contributed by atoms with E-state index in [0.717, 1.165) is 43.5 Å². The second-order valence-electron chi connectivity index (χ2n) is 7.22. The molecule has 3 N–H and O–H groups in total. The van der Waals surface area contributed by atoms with Gasteiger partial charge in [0.2, 0.25) is 0 Å². The summed E-state index contributed by atoms with van der Waals surface area (Å²) in [5.74, 6) is -0.258. The SMILES string of the molecule is Cn1cc2c(n1)C(=O)NCCCCCCn1cc(cn1)-c1cccc(n1)C(O)N2. The minimum absolute atomic E-state index is 0.255. The molecule has 0 saturated heterocycles. The predicted molar refractivity (Wildman–Crippen MR) is 108 cm³/mol.